The highest BCUT2D eigenvalue weighted by atomic mass is 16.1. The summed E-state index contributed by atoms with van der Waals surface area (Å²) >= 11 is 0. The first-order valence-electron chi connectivity index (χ1n) is 14.1. The number of hydrogen-bond donors (Lipinski definition) is 1. The third-order valence-corrected chi connectivity index (χ3v) is 7.70. The molecule has 2 aromatic carbocycles. The maximum atomic E-state index is 13.2. The third kappa shape index (κ3) is 6.21. The van der Waals surface area contributed by atoms with Crippen LogP contribution in [0.5, 0.6) is 0 Å². The van der Waals surface area contributed by atoms with Gasteiger partial charge in [-0.25, -0.2) is 9.97 Å². The summed E-state index contributed by atoms with van der Waals surface area (Å²) in [5.41, 5.74) is 8.11. The number of aryl methyl sites for hydroxylation is 2. The van der Waals surface area contributed by atoms with Crippen molar-refractivity contribution < 1.29 is 4.79 Å². The van der Waals surface area contributed by atoms with E-state index >= 15 is 0 Å². The molecule has 0 radical (unpaired) electrons. The van der Waals surface area contributed by atoms with Crippen LogP contribution in [0, 0.1) is 6.92 Å². The molecule has 0 bridgehead atoms. The van der Waals surface area contributed by atoms with Gasteiger partial charge in [0.2, 0.25) is 0 Å². The molecule has 1 saturated heterocycles. The minimum Gasteiger partial charge on any atom is -0.369 e. The Kier molecular flexibility index (Phi) is 7.74. The monoisotopic (exact) mass is 558 g/mol. The number of anilines is 2. The van der Waals surface area contributed by atoms with Crippen LogP contribution in [-0.4, -0.2) is 68.8 Å². The van der Waals surface area contributed by atoms with Gasteiger partial charge in [0.05, 0.1) is 11.4 Å². The zero-order chi connectivity index (χ0) is 29.1. The topological polar surface area (TPSA) is 92.1 Å². The average molecular weight is 559 g/mol. The van der Waals surface area contributed by atoms with Crippen molar-refractivity contribution in [2.45, 2.75) is 13.3 Å². The van der Waals surface area contributed by atoms with E-state index in [9.17, 15) is 4.79 Å². The van der Waals surface area contributed by atoms with Gasteiger partial charge in [0.15, 0.2) is 0 Å². The second-order valence-electron chi connectivity index (χ2n) is 10.8. The number of nitrogens with one attached hydrogen (secondary N) is 1. The first-order chi connectivity index (χ1) is 20.4. The molecule has 5 aromatic rings. The maximum absolute atomic E-state index is 13.2. The predicted octanol–water partition coefficient (Wildman–Crippen LogP) is 4.84. The Morgan fingerprint density at radius 3 is 2.38 bits per heavy atom. The molecule has 0 aliphatic carbocycles. The standard InChI is InChI=1S/C33H34N8O/c1-23-4-5-24(33(42)36-28-6-8-29(9-7-28)41-16-14-39(2)15-17-41)18-25(23)20-32-35-12-10-30(37-32)26-19-27(22-34-21-26)31-11-13-40(3)38-31/h4-13,18-19,21-22H,14-17,20H2,1-3H3,(H,36,42). The number of aromatic nitrogens is 5. The lowest BCUT2D eigenvalue weighted by Gasteiger charge is -2.34. The lowest BCUT2D eigenvalue weighted by molar-refractivity contribution is 0.102. The predicted molar refractivity (Wildman–Crippen MR) is 166 cm³/mol. The lowest BCUT2D eigenvalue weighted by Crippen LogP contribution is -2.44. The van der Waals surface area contributed by atoms with E-state index in [0.29, 0.717) is 17.8 Å². The van der Waals surface area contributed by atoms with Crippen LogP contribution < -0.4 is 10.2 Å². The smallest absolute Gasteiger partial charge is 0.255 e. The van der Waals surface area contributed by atoms with E-state index in [1.54, 1.807) is 23.3 Å². The third-order valence-electron chi connectivity index (χ3n) is 7.70. The summed E-state index contributed by atoms with van der Waals surface area (Å²) in [5, 5.41) is 7.53. The van der Waals surface area contributed by atoms with Gasteiger partial charge >= 0.3 is 0 Å². The number of nitrogens with zero attached hydrogens (tertiary/aromatic N) is 7. The SMILES string of the molecule is Cc1ccc(C(=O)Nc2ccc(N3CCN(C)CC3)cc2)cc1Cc1nccc(-c2cncc(-c3ccn(C)n3)c2)n1. The van der Waals surface area contributed by atoms with Crippen molar-refractivity contribution in [1.82, 2.24) is 29.6 Å². The number of pyridine rings is 1. The summed E-state index contributed by atoms with van der Waals surface area (Å²) in [6.45, 7) is 6.17. The Morgan fingerprint density at radius 2 is 1.64 bits per heavy atom. The highest BCUT2D eigenvalue weighted by Gasteiger charge is 2.15. The largest absolute Gasteiger partial charge is 0.369 e. The minimum atomic E-state index is -0.143. The molecule has 4 heterocycles. The van der Waals surface area contributed by atoms with Gasteiger partial charge in [0, 0.05) is 92.5 Å². The van der Waals surface area contributed by atoms with E-state index in [1.165, 1.54) is 5.69 Å². The van der Waals surface area contributed by atoms with E-state index in [1.807, 2.05) is 68.7 Å². The summed E-state index contributed by atoms with van der Waals surface area (Å²) < 4.78 is 1.77. The van der Waals surface area contributed by atoms with Crippen LogP contribution in [0.3, 0.4) is 0 Å². The molecule has 42 heavy (non-hydrogen) atoms. The number of likely N-dealkylation sites (N-methyl/N-ethyl adjacent to an activating group) is 1. The number of carbonyl (C=O) groups is 1. The van der Waals surface area contributed by atoms with Crippen LogP contribution in [0.2, 0.25) is 0 Å². The Labute approximate surface area is 245 Å². The first kappa shape index (κ1) is 27.3. The molecule has 212 valence electrons. The average Bonchev–Trinajstić information content (AvgIpc) is 3.45. The van der Waals surface area contributed by atoms with Gasteiger partial charge in [-0.15, -0.1) is 0 Å². The van der Waals surface area contributed by atoms with Crippen LogP contribution >= 0.6 is 0 Å². The number of hydrogen-bond acceptors (Lipinski definition) is 7. The van der Waals surface area contributed by atoms with Crippen LogP contribution in [0.25, 0.3) is 22.5 Å². The molecule has 0 atom stereocenters. The number of rotatable bonds is 7. The van der Waals surface area contributed by atoms with E-state index in [-0.39, 0.29) is 5.91 Å². The molecule has 0 saturated carbocycles. The van der Waals surface area contributed by atoms with Crippen molar-refractivity contribution in [3.05, 3.63) is 108 Å². The van der Waals surface area contributed by atoms with Gasteiger partial charge in [-0.2, -0.15) is 5.10 Å². The minimum absolute atomic E-state index is 0.143. The second-order valence-corrected chi connectivity index (χ2v) is 10.8. The molecule has 1 amide bonds. The molecular weight excluding hydrogens is 524 g/mol. The molecule has 0 spiro atoms. The van der Waals surface area contributed by atoms with Crippen molar-refractivity contribution in [2.75, 3.05) is 43.4 Å². The van der Waals surface area contributed by atoms with Gasteiger partial charge in [0.1, 0.15) is 5.82 Å². The Bertz CT molecular complexity index is 1700. The molecule has 9 heteroatoms. The molecular formula is C33H34N8O. The lowest BCUT2D eigenvalue weighted by atomic mass is 10.0. The normalized spacial score (nSPS) is 13.7. The van der Waals surface area contributed by atoms with E-state index in [0.717, 1.165) is 65.5 Å². The van der Waals surface area contributed by atoms with Crippen LogP contribution in [0.1, 0.15) is 27.3 Å². The summed E-state index contributed by atoms with van der Waals surface area (Å²) in [6.07, 6.45) is 7.78. The van der Waals surface area contributed by atoms with Crippen molar-refractivity contribution >= 4 is 17.3 Å². The van der Waals surface area contributed by atoms with Crippen molar-refractivity contribution in [1.29, 1.82) is 0 Å². The highest BCUT2D eigenvalue weighted by Crippen LogP contribution is 2.24. The molecule has 1 N–H and O–H groups in total. The molecule has 6 rings (SSSR count). The molecule has 9 nitrogen and oxygen atoms in total. The van der Waals surface area contributed by atoms with Crippen molar-refractivity contribution in [2.24, 2.45) is 7.05 Å². The van der Waals surface area contributed by atoms with Gasteiger partial charge < -0.3 is 15.1 Å². The summed E-state index contributed by atoms with van der Waals surface area (Å²) in [4.78, 5) is 31.7. The van der Waals surface area contributed by atoms with Gasteiger partial charge in [0.25, 0.3) is 5.91 Å². The molecule has 1 aliphatic heterocycles. The van der Waals surface area contributed by atoms with E-state index in [2.05, 4.69) is 49.4 Å². The maximum Gasteiger partial charge on any atom is 0.255 e. The fourth-order valence-electron chi connectivity index (χ4n) is 5.13. The van der Waals surface area contributed by atoms with Gasteiger partial charge in [-0.3, -0.25) is 14.5 Å². The second kappa shape index (κ2) is 11.9. The van der Waals surface area contributed by atoms with Crippen LogP contribution in [-0.2, 0) is 13.5 Å². The molecule has 3 aromatic heterocycles. The number of piperazine rings is 1. The van der Waals surface area contributed by atoms with E-state index < -0.39 is 0 Å². The number of amides is 1. The zero-order valence-corrected chi connectivity index (χ0v) is 24.2. The quantitative estimate of drug-likeness (QED) is 0.306. The fourth-order valence-corrected chi connectivity index (χ4v) is 5.13. The van der Waals surface area contributed by atoms with Crippen LogP contribution in [0.15, 0.2) is 85.5 Å². The van der Waals surface area contributed by atoms with Gasteiger partial charge in [-0.1, -0.05) is 6.07 Å². The Balaban J connectivity index is 1.15. The van der Waals surface area contributed by atoms with Crippen LogP contribution in [0.4, 0.5) is 11.4 Å². The number of benzene rings is 2. The molecule has 0 unspecified atom stereocenters. The summed E-state index contributed by atoms with van der Waals surface area (Å²) in [5.74, 6) is 0.534. The molecule has 1 fully saturated rings. The zero-order valence-electron chi connectivity index (χ0n) is 24.2. The molecule has 1 aliphatic rings. The summed E-state index contributed by atoms with van der Waals surface area (Å²) in [6, 6.07) is 19.7. The fraction of sp³-hybridized carbons (Fsp3) is 0.242. The highest BCUT2D eigenvalue weighted by molar-refractivity contribution is 6.04. The Morgan fingerprint density at radius 1 is 0.881 bits per heavy atom. The number of carbonyl (C=O) groups excluding carboxylic acids is 1. The van der Waals surface area contributed by atoms with Crippen molar-refractivity contribution in [3.63, 3.8) is 0 Å². The first-order valence-corrected chi connectivity index (χ1v) is 14.1. The van der Waals surface area contributed by atoms with E-state index in [4.69, 9.17) is 4.98 Å². The van der Waals surface area contributed by atoms with Gasteiger partial charge in [-0.05, 0) is 79.7 Å². The van der Waals surface area contributed by atoms with Crippen molar-refractivity contribution in [3.8, 4) is 22.5 Å². The summed E-state index contributed by atoms with van der Waals surface area (Å²) in [7, 11) is 4.04. The Hall–Kier alpha value is -4.89.